The maximum absolute atomic E-state index is 12.5. The van der Waals surface area contributed by atoms with Gasteiger partial charge in [0.15, 0.2) is 5.78 Å². The largest absolute Gasteiger partial charge is 0.494 e. The quantitative estimate of drug-likeness (QED) is 0.813. The number of carbonyl (C=O) groups excluding carboxylic acids is 1. The van der Waals surface area contributed by atoms with Crippen LogP contribution in [-0.4, -0.2) is 28.6 Å². The third kappa shape index (κ3) is 2.95. The number of ketones is 1. The highest BCUT2D eigenvalue weighted by Crippen LogP contribution is 2.31. The number of carbonyl (C=O) groups is 1. The zero-order valence-electron chi connectivity index (χ0n) is 11.5. The summed E-state index contributed by atoms with van der Waals surface area (Å²) in [5, 5.41) is 5.71. The predicted molar refractivity (Wildman–Crippen MR) is 79.9 cm³/mol. The van der Waals surface area contributed by atoms with Crippen LogP contribution >= 0.6 is 11.5 Å². The van der Waals surface area contributed by atoms with Crippen molar-refractivity contribution >= 4 is 23.4 Å². The molecule has 1 aromatic carbocycles. The van der Waals surface area contributed by atoms with Gasteiger partial charge in [-0.05, 0) is 42.2 Å². The monoisotopic (exact) mass is 302 g/mol. The van der Waals surface area contributed by atoms with Crippen molar-refractivity contribution in [2.45, 2.75) is 13.3 Å². The van der Waals surface area contributed by atoms with Gasteiger partial charge in [0, 0.05) is 11.0 Å². The first-order valence-corrected chi connectivity index (χ1v) is 7.53. The normalized spacial score (nSPS) is 15.7. The number of aromatic nitrogens is 2. The van der Waals surface area contributed by atoms with Gasteiger partial charge in [0.2, 0.25) is 0 Å². The molecule has 0 radical (unpaired) electrons. The van der Waals surface area contributed by atoms with Gasteiger partial charge in [-0.25, -0.2) is 0 Å². The van der Waals surface area contributed by atoms with Gasteiger partial charge in [-0.2, -0.15) is 0 Å². The minimum atomic E-state index is -0.0498. The van der Waals surface area contributed by atoms with Gasteiger partial charge in [-0.3, -0.25) is 4.79 Å². The number of Topliss-reactive ketones (excluding diaryl/α,β-unsaturated/α-hetero) is 1. The maximum Gasteiger partial charge on any atom is 0.196 e. The summed E-state index contributed by atoms with van der Waals surface area (Å²) in [6.07, 6.45) is 2.64. The molecular weight excluding hydrogens is 288 g/mol. The summed E-state index contributed by atoms with van der Waals surface area (Å²) in [7, 11) is 0. The molecule has 108 valence electrons. The molecule has 1 aliphatic heterocycles. The average Bonchev–Trinajstić information content (AvgIpc) is 3.01. The Morgan fingerprint density at radius 3 is 3.14 bits per heavy atom. The Kier molecular flexibility index (Phi) is 3.96. The van der Waals surface area contributed by atoms with Gasteiger partial charge in [-0.1, -0.05) is 11.4 Å². The molecule has 0 aliphatic carbocycles. The second-order valence-corrected chi connectivity index (χ2v) is 5.23. The molecule has 0 bridgehead atoms. The molecule has 1 aliphatic rings. The minimum Gasteiger partial charge on any atom is -0.494 e. The molecule has 0 saturated heterocycles. The number of benzene rings is 1. The summed E-state index contributed by atoms with van der Waals surface area (Å²) in [6, 6.07) is 5.33. The Balaban J connectivity index is 1.89. The highest BCUT2D eigenvalue weighted by Gasteiger charge is 2.24. The van der Waals surface area contributed by atoms with Gasteiger partial charge in [0.25, 0.3) is 0 Å². The summed E-state index contributed by atoms with van der Waals surface area (Å²) in [4.78, 5) is 12.5. The van der Waals surface area contributed by atoms with Crippen LogP contribution in [0.2, 0.25) is 0 Å². The smallest absolute Gasteiger partial charge is 0.196 e. The Hall–Kier alpha value is -2.21. The fraction of sp³-hybridized carbons (Fsp3) is 0.267. The molecule has 0 atom stereocenters. The molecule has 0 amide bonds. The first kappa shape index (κ1) is 13.8. The first-order valence-electron chi connectivity index (χ1n) is 6.70. The van der Waals surface area contributed by atoms with Gasteiger partial charge < -0.3 is 9.47 Å². The highest BCUT2D eigenvalue weighted by molar-refractivity contribution is 7.03. The lowest BCUT2D eigenvalue weighted by Crippen LogP contribution is -2.19. The van der Waals surface area contributed by atoms with E-state index in [-0.39, 0.29) is 12.4 Å². The lowest BCUT2D eigenvalue weighted by molar-refractivity contribution is 0.1000. The summed E-state index contributed by atoms with van der Waals surface area (Å²) in [5.41, 5.74) is 1.78. The number of nitrogens with zero attached hydrogens (tertiary/aromatic N) is 2. The third-order valence-corrected chi connectivity index (χ3v) is 3.57. The van der Waals surface area contributed by atoms with E-state index in [2.05, 4.69) is 9.59 Å². The molecule has 1 aromatic heterocycles. The maximum atomic E-state index is 12.5. The number of rotatable bonds is 4. The van der Waals surface area contributed by atoms with Crippen LogP contribution < -0.4 is 9.47 Å². The molecule has 6 heteroatoms. The van der Waals surface area contributed by atoms with E-state index in [1.807, 2.05) is 13.0 Å². The van der Waals surface area contributed by atoms with Crippen LogP contribution in [0.15, 0.2) is 29.2 Å². The third-order valence-electron chi connectivity index (χ3n) is 3.04. The minimum absolute atomic E-state index is 0.0498. The molecule has 5 nitrogen and oxygen atoms in total. The van der Waals surface area contributed by atoms with Crippen molar-refractivity contribution in [1.29, 1.82) is 0 Å². The van der Waals surface area contributed by atoms with Crippen molar-refractivity contribution in [2.75, 3.05) is 13.2 Å². The molecule has 21 heavy (non-hydrogen) atoms. The number of ether oxygens (including phenoxy) is 2. The fourth-order valence-electron chi connectivity index (χ4n) is 2.04. The van der Waals surface area contributed by atoms with Crippen LogP contribution in [-0.2, 0) is 0 Å². The van der Waals surface area contributed by atoms with E-state index in [0.29, 0.717) is 34.9 Å². The SMILES string of the molecule is CCCOc1ccc2c(c1)C(=O)C(=Cc1csnn1)CO2. The van der Waals surface area contributed by atoms with Gasteiger partial charge in [0.05, 0.1) is 17.9 Å². The van der Waals surface area contributed by atoms with Crippen molar-refractivity contribution in [3.05, 3.63) is 40.4 Å². The molecule has 0 fully saturated rings. The van der Waals surface area contributed by atoms with Gasteiger partial charge in [0.1, 0.15) is 18.1 Å². The Morgan fingerprint density at radius 2 is 2.38 bits per heavy atom. The zero-order valence-corrected chi connectivity index (χ0v) is 12.4. The lowest BCUT2D eigenvalue weighted by atomic mass is 9.99. The van der Waals surface area contributed by atoms with E-state index in [0.717, 1.165) is 6.42 Å². The molecular formula is C15H14N2O3S. The van der Waals surface area contributed by atoms with Crippen molar-refractivity contribution < 1.29 is 14.3 Å². The molecule has 0 unspecified atom stereocenters. The van der Waals surface area contributed by atoms with Crippen LogP contribution in [0.5, 0.6) is 11.5 Å². The highest BCUT2D eigenvalue weighted by atomic mass is 32.1. The summed E-state index contributed by atoms with van der Waals surface area (Å²) < 4.78 is 15.0. The summed E-state index contributed by atoms with van der Waals surface area (Å²) in [5.74, 6) is 1.23. The van der Waals surface area contributed by atoms with Crippen LogP contribution in [0, 0.1) is 0 Å². The van der Waals surface area contributed by atoms with Crippen molar-refractivity contribution in [3.63, 3.8) is 0 Å². The average molecular weight is 302 g/mol. The second-order valence-electron chi connectivity index (χ2n) is 4.62. The molecule has 2 aromatic rings. The van der Waals surface area contributed by atoms with E-state index in [1.54, 1.807) is 23.6 Å². The topological polar surface area (TPSA) is 61.3 Å². The number of fused-ring (bicyclic) bond motifs is 1. The summed E-state index contributed by atoms with van der Waals surface area (Å²) in [6.45, 7) is 2.91. The van der Waals surface area contributed by atoms with Crippen molar-refractivity contribution in [3.8, 4) is 11.5 Å². The predicted octanol–water partition coefficient (Wildman–Crippen LogP) is 2.99. The van der Waals surface area contributed by atoms with E-state index < -0.39 is 0 Å². The molecule has 3 rings (SSSR count). The Morgan fingerprint density at radius 1 is 1.48 bits per heavy atom. The van der Waals surface area contributed by atoms with Crippen molar-refractivity contribution in [1.82, 2.24) is 9.59 Å². The standard InChI is InChI=1S/C15H14N2O3S/c1-2-5-19-12-3-4-14-13(7-12)15(18)10(8-20-14)6-11-9-21-17-16-11/h3-4,6-7,9H,2,5,8H2,1H3. The number of hydrogen-bond donors (Lipinski definition) is 0. The van der Waals surface area contributed by atoms with Crippen molar-refractivity contribution in [2.24, 2.45) is 0 Å². The Labute approximate surface area is 126 Å². The van der Waals surface area contributed by atoms with Gasteiger partial charge >= 0.3 is 0 Å². The van der Waals surface area contributed by atoms with Gasteiger partial charge in [-0.15, -0.1) is 5.10 Å². The van der Waals surface area contributed by atoms with Crippen LogP contribution in [0.3, 0.4) is 0 Å². The molecule has 0 saturated carbocycles. The van der Waals surface area contributed by atoms with E-state index in [9.17, 15) is 4.79 Å². The van der Waals surface area contributed by atoms with E-state index >= 15 is 0 Å². The van der Waals surface area contributed by atoms with E-state index in [4.69, 9.17) is 9.47 Å². The molecule has 0 spiro atoms. The first-order chi connectivity index (χ1) is 10.3. The molecule has 2 heterocycles. The van der Waals surface area contributed by atoms with Crippen LogP contribution in [0.25, 0.3) is 6.08 Å². The molecule has 0 N–H and O–H groups in total. The van der Waals surface area contributed by atoms with Crippen LogP contribution in [0.4, 0.5) is 0 Å². The fourth-order valence-corrected chi connectivity index (χ4v) is 2.45. The Bertz CT molecular complexity index is 680. The zero-order chi connectivity index (χ0) is 14.7. The van der Waals surface area contributed by atoms with E-state index in [1.165, 1.54) is 11.5 Å². The second kappa shape index (κ2) is 6.05. The summed E-state index contributed by atoms with van der Waals surface area (Å²) >= 11 is 1.25. The lowest BCUT2D eigenvalue weighted by Gasteiger charge is -2.19. The van der Waals surface area contributed by atoms with Crippen LogP contribution in [0.1, 0.15) is 29.4 Å². The number of hydrogen-bond acceptors (Lipinski definition) is 6.